The Morgan fingerprint density at radius 1 is 0.810 bits per heavy atom. The molecule has 0 saturated heterocycles. The van der Waals surface area contributed by atoms with E-state index >= 15 is 0 Å². The predicted octanol–water partition coefficient (Wildman–Crippen LogP) is 1.67. The molecule has 2 aromatic rings. The number of nitrogens with one attached hydrogen (secondary N) is 2. The van der Waals surface area contributed by atoms with Crippen LogP contribution in [0.3, 0.4) is 0 Å². The van der Waals surface area contributed by atoms with Crippen molar-refractivity contribution in [3.8, 4) is 0 Å². The molecule has 0 unspecified atom stereocenters. The van der Waals surface area contributed by atoms with Crippen molar-refractivity contribution in [3.05, 3.63) is 66.7 Å². The van der Waals surface area contributed by atoms with Gasteiger partial charge in [0.2, 0.25) is 5.91 Å². The summed E-state index contributed by atoms with van der Waals surface area (Å²) in [6.07, 6.45) is 1.59. The maximum Gasteiger partial charge on any atom is 0.248 e. The fourth-order valence-corrected chi connectivity index (χ4v) is 1.65. The quantitative estimate of drug-likeness (QED) is 0.817. The molecule has 0 radical (unpaired) electrons. The number of aliphatic carboxylic acids is 1. The summed E-state index contributed by atoms with van der Waals surface area (Å²) in [5, 5.41) is 15.9. The number of rotatable bonds is 5. The number of carboxylic acid groups (broad SMARTS) is 1. The normalized spacial score (nSPS) is 10.3. The zero-order valence-electron chi connectivity index (χ0n) is 11.1. The maximum absolute atomic E-state index is 11.4. The van der Waals surface area contributed by atoms with Gasteiger partial charge in [-0.05, 0) is 42.5 Å². The Balaban J connectivity index is 1.96. The Morgan fingerprint density at radius 3 is 2.00 bits per heavy atom. The van der Waals surface area contributed by atoms with Crippen LogP contribution in [0, 0.1) is 0 Å². The number of anilines is 3. The van der Waals surface area contributed by atoms with Crippen LogP contribution in [0.2, 0.25) is 0 Å². The largest absolute Gasteiger partial charge is 0.545 e. The van der Waals surface area contributed by atoms with Crippen LogP contribution in [0.5, 0.6) is 0 Å². The predicted molar refractivity (Wildman–Crippen MR) is 78.9 cm³/mol. The SMILES string of the molecule is O=C([O-])/C=C/C(=O)Nc1ccc(Nc2ccccc2)cc1. The van der Waals surface area contributed by atoms with Crippen molar-refractivity contribution in [2.75, 3.05) is 10.6 Å². The summed E-state index contributed by atoms with van der Waals surface area (Å²) in [5.41, 5.74) is 2.41. The minimum atomic E-state index is -1.41. The molecule has 0 aliphatic rings. The number of benzene rings is 2. The van der Waals surface area contributed by atoms with Crippen molar-refractivity contribution in [3.63, 3.8) is 0 Å². The van der Waals surface area contributed by atoms with Gasteiger partial charge in [0.15, 0.2) is 0 Å². The number of carboxylic acids is 1. The third-order valence-corrected chi connectivity index (χ3v) is 2.59. The Kier molecular flexibility index (Phi) is 4.71. The van der Waals surface area contributed by atoms with Gasteiger partial charge in [0.1, 0.15) is 0 Å². The highest BCUT2D eigenvalue weighted by atomic mass is 16.4. The summed E-state index contributed by atoms with van der Waals surface area (Å²) >= 11 is 0. The molecule has 0 aromatic heterocycles. The Bertz CT molecular complexity index is 649. The lowest BCUT2D eigenvalue weighted by Gasteiger charge is -2.07. The van der Waals surface area contributed by atoms with E-state index in [0.717, 1.165) is 17.5 Å². The van der Waals surface area contributed by atoms with Gasteiger partial charge in [-0.15, -0.1) is 0 Å². The Morgan fingerprint density at radius 2 is 1.38 bits per heavy atom. The molecule has 0 bridgehead atoms. The summed E-state index contributed by atoms with van der Waals surface area (Å²) in [7, 11) is 0. The fraction of sp³-hybridized carbons (Fsp3) is 0. The first kappa shape index (κ1) is 14.3. The lowest BCUT2D eigenvalue weighted by molar-refractivity contribution is -0.297. The van der Waals surface area contributed by atoms with E-state index in [1.54, 1.807) is 12.1 Å². The summed E-state index contributed by atoms with van der Waals surface area (Å²) in [5.74, 6) is -1.93. The standard InChI is InChI=1S/C16H14N2O3/c19-15(10-11-16(20)21)18-14-8-6-13(7-9-14)17-12-4-2-1-3-5-12/h1-11,17H,(H,18,19)(H,20,21)/p-1/b11-10+. The molecule has 1 amide bonds. The van der Waals surface area contributed by atoms with Crippen molar-refractivity contribution < 1.29 is 14.7 Å². The molecular weight excluding hydrogens is 268 g/mol. The molecular formula is C16H13N2O3-. The van der Waals surface area contributed by atoms with Crippen LogP contribution in [0.25, 0.3) is 0 Å². The smallest absolute Gasteiger partial charge is 0.248 e. The minimum absolute atomic E-state index is 0.525. The van der Waals surface area contributed by atoms with Crippen molar-refractivity contribution in [2.24, 2.45) is 0 Å². The van der Waals surface area contributed by atoms with Gasteiger partial charge in [-0.1, -0.05) is 18.2 Å². The van der Waals surface area contributed by atoms with Crippen LogP contribution in [-0.2, 0) is 9.59 Å². The van der Waals surface area contributed by atoms with Gasteiger partial charge in [0, 0.05) is 23.1 Å². The van der Waals surface area contributed by atoms with E-state index in [4.69, 9.17) is 0 Å². The number of amides is 1. The van der Waals surface area contributed by atoms with Crippen LogP contribution in [0.15, 0.2) is 66.7 Å². The topological polar surface area (TPSA) is 81.3 Å². The summed E-state index contributed by atoms with van der Waals surface area (Å²) in [6.45, 7) is 0. The second kappa shape index (κ2) is 6.91. The van der Waals surface area contributed by atoms with Crippen LogP contribution in [0.4, 0.5) is 17.1 Å². The second-order valence-electron chi connectivity index (χ2n) is 4.21. The molecule has 106 valence electrons. The molecule has 0 spiro atoms. The minimum Gasteiger partial charge on any atom is -0.545 e. The van der Waals surface area contributed by atoms with Gasteiger partial charge < -0.3 is 20.5 Å². The van der Waals surface area contributed by atoms with E-state index in [2.05, 4.69) is 10.6 Å². The lowest BCUT2D eigenvalue weighted by atomic mass is 10.2. The van der Waals surface area contributed by atoms with Gasteiger partial charge in [0.05, 0.1) is 5.97 Å². The van der Waals surface area contributed by atoms with Crippen molar-refractivity contribution >= 4 is 28.9 Å². The van der Waals surface area contributed by atoms with Gasteiger partial charge in [0.25, 0.3) is 0 Å². The van der Waals surface area contributed by atoms with Crippen LogP contribution in [0.1, 0.15) is 0 Å². The van der Waals surface area contributed by atoms with Gasteiger partial charge in [-0.3, -0.25) is 4.79 Å². The molecule has 0 aliphatic carbocycles. The molecule has 2 N–H and O–H groups in total. The number of carbonyl (C=O) groups excluding carboxylic acids is 2. The number of carbonyl (C=O) groups is 2. The third kappa shape index (κ3) is 4.83. The second-order valence-corrected chi connectivity index (χ2v) is 4.21. The summed E-state index contributed by atoms with van der Waals surface area (Å²) in [6, 6.07) is 16.7. The van der Waals surface area contributed by atoms with E-state index in [1.165, 1.54) is 0 Å². The molecule has 0 saturated carbocycles. The lowest BCUT2D eigenvalue weighted by Crippen LogP contribution is -2.20. The molecule has 0 heterocycles. The highest BCUT2D eigenvalue weighted by Gasteiger charge is 1.98. The molecule has 2 rings (SSSR count). The number of hydrogen-bond donors (Lipinski definition) is 2. The summed E-state index contributed by atoms with van der Waals surface area (Å²) < 4.78 is 0. The van der Waals surface area contributed by atoms with Crippen LogP contribution >= 0.6 is 0 Å². The molecule has 0 atom stereocenters. The first-order valence-corrected chi connectivity index (χ1v) is 6.26. The molecule has 0 fully saturated rings. The zero-order valence-corrected chi connectivity index (χ0v) is 11.1. The van der Waals surface area contributed by atoms with Crippen LogP contribution in [-0.4, -0.2) is 11.9 Å². The Hall–Kier alpha value is -3.08. The first-order valence-electron chi connectivity index (χ1n) is 6.26. The highest BCUT2D eigenvalue weighted by Crippen LogP contribution is 2.18. The molecule has 5 heteroatoms. The maximum atomic E-state index is 11.4. The molecule has 0 aliphatic heterocycles. The third-order valence-electron chi connectivity index (χ3n) is 2.59. The molecule has 5 nitrogen and oxygen atoms in total. The van der Waals surface area contributed by atoms with Crippen molar-refractivity contribution in [2.45, 2.75) is 0 Å². The van der Waals surface area contributed by atoms with Gasteiger partial charge >= 0.3 is 0 Å². The van der Waals surface area contributed by atoms with Crippen LogP contribution < -0.4 is 15.7 Å². The van der Waals surface area contributed by atoms with E-state index in [9.17, 15) is 14.7 Å². The van der Waals surface area contributed by atoms with Gasteiger partial charge in [-0.25, -0.2) is 0 Å². The van der Waals surface area contributed by atoms with E-state index in [1.807, 2.05) is 42.5 Å². The summed E-state index contributed by atoms with van der Waals surface area (Å²) in [4.78, 5) is 21.6. The number of hydrogen-bond acceptors (Lipinski definition) is 4. The van der Waals surface area contributed by atoms with E-state index in [0.29, 0.717) is 11.8 Å². The van der Waals surface area contributed by atoms with Crippen molar-refractivity contribution in [1.29, 1.82) is 0 Å². The fourth-order valence-electron chi connectivity index (χ4n) is 1.65. The highest BCUT2D eigenvalue weighted by molar-refractivity contribution is 6.02. The molecule has 2 aromatic carbocycles. The van der Waals surface area contributed by atoms with Gasteiger partial charge in [-0.2, -0.15) is 0 Å². The first-order chi connectivity index (χ1) is 10.1. The molecule has 21 heavy (non-hydrogen) atoms. The average molecular weight is 281 g/mol. The Labute approximate surface area is 121 Å². The average Bonchev–Trinajstić information content (AvgIpc) is 2.48. The van der Waals surface area contributed by atoms with Crippen molar-refractivity contribution in [1.82, 2.24) is 0 Å². The number of para-hydroxylation sites is 1. The zero-order chi connectivity index (χ0) is 15.1. The monoisotopic (exact) mass is 281 g/mol. The van der Waals surface area contributed by atoms with E-state index in [-0.39, 0.29) is 0 Å². The van der Waals surface area contributed by atoms with E-state index < -0.39 is 11.9 Å².